The highest BCUT2D eigenvalue weighted by atomic mass is 35.5. The molecular weight excluding hydrogens is 574 g/mol. The zero-order valence-corrected chi connectivity index (χ0v) is 22.6. The zero-order valence-electron chi connectivity index (χ0n) is 21.0. The molecule has 4 rings (SSSR count). The number of likely N-dealkylation sites (tertiary alicyclic amines) is 1. The van der Waals surface area contributed by atoms with E-state index in [0.717, 1.165) is 31.5 Å². The van der Waals surface area contributed by atoms with Crippen LogP contribution in [0.5, 0.6) is 0 Å². The smallest absolute Gasteiger partial charge is 0.338 e. The molecule has 2 aromatic carbocycles. The lowest BCUT2D eigenvalue weighted by Gasteiger charge is -2.46. The van der Waals surface area contributed by atoms with Crippen molar-refractivity contribution in [2.24, 2.45) is 0 Å². The molecule has 2 saturated heterocycles. The molecule has 13 heteroatoms. The van der Waals surface area contributed by atoms with Gasteiger partial charge in [0.1, 0.15) is 5.82 Å². The number of halogens is 9. The Bertz CT molecular complexity index is 1070. The van der Waals surface area contributed by atoms with E-state index in [1.807, 2.05) is 0 Å². The predicted molar refractivity (Wildman–Crippen MR) is 138 cm³/mol. The number of carbonyl (C=O) groups excluding carboxylic acids is 1. The number of hydrogen-bond acceptors (Lipinski definition) is 3. The Balaban J connectivity index is 0.00000267. The maximum Gasteiger partial charge on any atom is 0.416 e. The first-order valence-electron chi connectivity index (χ1n) is 12.1. The number of alkyl halides is 6. The zero-order chi connectivity index (χ0) is 27.0. The molecule has 2 aliphatic rings. The van der Waals surface area contributed by atoms with Crippen molar-refractivity contribution in [1.82, 2.24) is 15.1 Å². The summed E-state index contributed by atoms with van der Waals surface area (Å²) >= 11 is 0. The third-order valence-corrected chi connectivity index (χ3v) is 7.38. The first-order valence-corrected chi connectivity index (χ1v) is 12.1. The first kappa shape index (κ1) is 33.1. The molecule has 218 valence electrons. The molecule has 1 N–H and O–H groups in total. The molecule has 2 aromatic rings. The first-order chi connectivity index (χ1) is 17.3. The number of amides is 1. The molecule has 0 radical (unpaired) electrons. The second-order valence-electron chi connectivity index (χ2n) is 9.70. The SMILES string of the molecule is CN(C(=O)c1cc(C(F)(F)F)cc(C(F)(F)F)c1)C1CCN(C2CCNCC2)CC1c1ccc(F)cc1.Cl.Cl. The Labute approximate surface area is 234 Å². The molecule has 2 fully saturated rings. The summed E-state index contributed by atoms with van der Waals surface area (Å²) in [6.45, 7) is 2.92. The summed E-state index contributed by atoms with van der Waals surface area (Å²) < 4.78 is 93.8. The van der Waals surface area contributed by atoms with E-state index in [1.54, 1.807) is 12.1 Å². The highest BCUT2D eigenvalue weighted by Gasteiger charge is 2.40. The summed E-state index contributed by atoms with van der Waals surface area (Å²) in [6, 6.07) is 6.60. The minimum atomic E-state index is -5.05. The van der Waals surface area contributed by atoms with Crippen molar-refractivity contribution in [3.8, 4) is 0 Å². The molecule has 2 heterocycles. The molecule has 2 unspecified atom stereocenters. The Kier molecular flexibility index (Phi) is 11.1. The fourth-order valence-corrected chi connectivity index (χ4v) is 5.40. The van der Waals surface area contributed by atoms with Crippen LogP contribution in [0, 0.1) is 5.82 Å². The number of piperidine rings is 2. The maximum atomic E-state index is 13.6. The molecule has 0 aliphatic carbocycles. The van der Waals surface area contributed by atoms with Crippen LogP contribution < -0.4 is 5.32 Å². The second-order valence-corrected chi connectivity index (χ2v) is 9.70. The Morgan fingerprint density at radius 2 is 1.44 bits per heavy atom. The minimum absolute atomic E-state index is 0. The number of benzene rings is 2. The molecule has 4 nitrogen and oxygen atoms in total. The van der Waals surface area contributed by atoms with Crippen molar-refractivity contribution in [3.63, 3.8) is 0 Å². The van der Waals surface area contributed by atoms with Crippen molar-refractivity contribution in [3.05, 3.63) is 70.5 Å². The van der Waals surface area contributed by atoms with Gasteiger partial charge in [-0.15, -0.1) is 24.8 Å². The van der Waals surface area contributed by atoms with Crippen LogP contribution in [0.1, 0.15) is 52.2 Å². The number of nitrogens with one attached hydrogen (secondary N) is 1. The van der Waals surface area contributed by atoms with E-state index >= 15 is 0 Å². The summed E-state index contributed by atoms with van der Waals surface area (Å²) in [6.07, 6.45) is -7.74. The standard InChI is InChI=1S/C26H28F7N3O.2ClH/c1-35(24(37)17-12-18(25(28,29)30)14-19(13-17)26(31,32)33)23-8-11-36(21-6-9-34-10-7-21)15-22(23)16-2-4-20(27)5-3-16;;/h2-5,12-14,21-23,34H,6-11,15H2,1H3;2*1H. The summed E-state index contributed by atoms with van der Waals surface area (Å²) in [5, 5.41) is 3.31. The van der Waals surface area contributed by atoms with Crippen LogP contribution in [0.25, 0.3) is 0 Å². The third kappa shape index (κ3) is 7.77. The van der Waals surface area contributed by atoms with Crippen LogP contribution in [0.15, 0.2) is 42.5 Å². The van der Waals surface area contributed by atoms with Gasteiger partial charge < -0.3 is 10.2 Å². The molecule has 1 amide bonds. The van der Waals surface area contributed by atoms with Crippen molar-refractivity contribution in [2.45, 2.75) is 49.6 Å². The lowest BCUT2D eigenvalue weighted by Crippen LogP contribution is -2.54. The molecular formula is C26H30Cl2F7N3O. The summed E-state index contributed by atoms with van der Waals surface area (Å²) in [7, 11) is 1.40. The third-order valence-electron chi connectivity index (χ3n) is 7.38. The van der Waals surface area contributed by atoms with Gasteiger partial charge in [0.2, 0.25) is 0 Å². The van der Waals surface area contributed by atoms with Crippen molar-refractivity contribution in [2.75, 3.05) is 33.2 Å². The van der Waals surface area contributed by atoms with Crippen LogP contribution in [-0.2, 0) is 12.4 Å². The molecule has 2 atom stereocenters. The summed E-state index contributed by atoms with van der Waals surface area (Å²) in [5.74, 6) is -1.66. The number of rotatable bonds is 4. The lowest BCUT2D eigenvalue weighted by molar-refractivity contribution is -0.143. The van der Waals surface area contributed by atoms with Crippen LogP contribution in [0.2, 0.25) is 0 Å². The fourth-order valence-electron chi connectivity index (χ4n) is 5.40. The van der Waals surface area contributed by atoms with E-state index in [-0.39, 0.29) is 36.8 Å². The van der Waals surface area contributed by atoms with Gasteiger partial charge in [-0.1, -0.05) is 12.1 Å². The highest BCUT2D eigenvalue weighted by Crippen LogP contribution is 2.38. The predicted octanol–water partition coefficient (Wildman–Crippen LogP) is 6.39. The van der Waals surface area contributed by atoms with Gasteiger partial charge in [-0.05, 0) is 68.2 Å². The largest absolute Gasteiger partial charge is 0.416 e. The Morgan fingerprint density at radius 3 is 1.95 bits per heavy atom. The minimum Gasteiger partial charge on any atom is -0.338 e. The van der Waals surface area contributed by atoms with Gasteiger partial charge in [0.25, 0.3) is 5.91 Å². The van der Waals surface area contributed by atoms with E-state index < -0.39 is 46.8 Å². The molecule has 0 saturated carbocycles. The molecule has 0 bridgehead atoms. The Hall–Kier alpha value is -2.08. The average Bonchev–Trinajstić information content (AvgIpc) is 2.87. The van der Waals surface area contributed by atoms with Crippen LogP contribution in [0.4, 0.5) is 30.7 Å². The van der Waals surface area contributed by atoms with Crippen molar-refractivity contribution >= 4 is 30.7 Å². The van der Waals surface area contributed by atoms with Crippen LogP contribution in [-0.4, -0.2) is 61.0 Å². The topological polar surface area (TPSA) is 35.6 Å². The van der Waals surface area contributed by atoms with Crippen molar-refractivity contribution < 1.29 is 35.5 Å². The monoisotopic (exact) mass is 603 g/mol. The second kappa shape index (κ2) is 13.1. The molecule has 0 spiro atoms. The summed E-state index contributed by atoms with van der Waals surface area (Å²) in [4.78, 5) is 16.9. The van der Waals surface area contributed by atoms with Crippen LogP contribution in [0.3, 0.4) is 0 Å². The summed E-state index contributed by atoms with van der Waals surface area (Å²) in [5.41, 5.74) is -2.99. The number of nitrogens with zero attached hydrogens (tertiary/aromatic N) is 2. The van der Waals surface area contributed by atoms with E-state index in [9.17, 15) is 35.5 Å². The van der Waals surface area contributed by atoms with E-state index in [0.29, 0.717) is 37.7 Å². The van der Waals surface area contributed by atoms with Gasteiger partial charge in [0.15, 0.2) is 0 Å². The average molecular weight is 604 g/mol. The van der Waals surface area contributed by atoms with Gasteiger partial charge in [0, 0.05) is 43.7 Å². The maximum absolute atomic E-state index is 13.6. The molecule has 2 aliphatic heterocycles. The van der Waals surface area contributed by atoms with Gasteiger partial charge in [0.05, 0.1) is 11.1 Å². The quantitative estimate of drug-likeness (QED) is 0.411. The van der Waals surface area contributed by atoms with Gasteiger partial charge in [-0.2, -0.15) is 26.3 Å². The number of carbonyl (C=O) groups is 1. The van der Waals surface area contributed by atoms with Gasteiger partial charge in [-0.3, -0.25) is 9.69 Å². The van der Waals surface area contributed by atoms with Gasteiger partial charge in [-0.25, -0.2) is 4.39 Å². The Morgan fingerprint density at radius 1 is 0.897 bits per heavy atom. The fraction of sp³-hybridized carbons (Fsp3) is 0.500. The van der Waals surface area contributed by atoms with Crippen LogP contribution >= 0.6 is 24.8 Å². The highest BCUT2D eigenvalue weighted by molar-refractivity contribution is 5.95. The normalized spacial score (nSPS) is 21.0. The number of hydrogen-bond donors (Lipinski definition) is 1. The molecule has 0 aromatic heterocycles. The van der Waals surface area contributed by atoms with E-state index in [1.165, 1.54) is 24.1 Å². The molecule has 39 heavy (non-hydrogen) atoms. The number of likely N-dealkylation sites (N-methyl/N-ethyl adjacent to an activating group) is 1. The van der Waals surface area contributed by atoms with E-state index in [2.05, 4.69) is 10.2 Å². The van der Waals surface area contributed by atoms with Gasteiger partial charge >= 0.3 is 12.4 Å². The van der Waals surface area contributed by atoms with Crippen molar-refractivity contribution in [1.29, 1.82) is 0 Å². The van der Waals surface area contributed by atoms with E-state index in [4.69, 9.17) is 0 Å². The lowest BCUT2D eigenvalue weighted by atomic mass is 9.83.